The van der Waals surface area contributed by atoms with E-state index in [9.17, 15) is 0 Å². The molecule has 24 heavy (non-hydrogen) atoms. The first-order chi connectivity index (χ1) is 11.0. The van der Waals surface area contributed by atoms with Gasteiger partial charge in [-0.15, -0.1) is 0 Å². The normalized spacial score (nSPS) is 28.2. The molecule has 1 fully saturated rings. The third kappa shape index (κ3) is 2.46. The molecule has 0 amide bonds. The minimum absolute atomic E-state index is 0.172. The molecule has 3 rings (SSSR count). The van der Waals surface area contributed by atoms with Crippen LogP contribution in [0, 0.1) is 12.8 Å². The second-order valence-corrected chi connectivity index (χ2v) is 8.36. The van der Waals surface area contributed by atoms with E-state index < -0.39 is 18.3 Å². The van der Waals surface area contributed by atoms with Crippen LogP contribution < -0.4 is 10.7 Å². The van der Waals surface area contributed by atoms with Gasteiger partial charge in [0.15, 0.2) is 0 Å². The van der Waals surface area contributed by atoms with Gasteiger partial charge < -0.3 is 13.9 Å². The van der Waals surface area contributed by atoms with Crippen LogP contribution in [0.25, 0.3) is 11.9 Å². The summed E-state index contributed by atoms with van der Waals surface area (Å²) in [7, 11) is -0.459. The van der Waals surface area contributed by atoms with E-state index >= 15 is 4.39 Å². The Morgan fingerprint density at radius 2 is 1.75 bits per heavy atom. The Hall–Kier alpha value is -1.14. The third-order valence-corrected chi connectivity index (χ3v) is 5.78. The number of aryl methyl sites for hydroxylation is 1. The number of aromatic nitrogens is 2. The molecule has 1 aromatic rings. The van der Waals surface area contributed by atoms with E-state index in [0.29, 0.717) is 5.35 Å². The van der Waals surface area contributed by atoms with Crippen LogP contribution >= 0.6 is 0 Å². The number of hydrogen-bond donors (Lipinski definition) is 0. The first-order valence-electron chi connectivity index (χ1n) is 8.78. The van der Waals surface area contributed by atoms with E-state index in [0.717, 1.165) is 11.2 Å². The van der Waals surface area contributed by atoms with Gasteiger partial charge in [0.1, 0.15) is 17.0 Å². The number of rotatable bonds is 2. The zero-order chi connectivity index (χ0) is 18.0. The standard InChI is InChI=1S/C18H28BFN2O2/c1-10(2)22-12(4)21-16-14(22)9-13(11(3)15(16)20)19-23-17(5,6)18(7,8)24-19/h9-11,13H,1-8H3. The summed E-state index contributed by atoms with van der Waals surface area (Å²) < 4.78 is 29.5. The summed E-state index contributed by atoms with van der Waals surface area (Å²) in [6.45, 7) is 16.1. The van der Waals surface area contributed by atoms with Crippen molar-refractivity contribution in [3.8, 4) is 0 Å². The minimum atomic E-state index is -0.459. The van der Waals surface area contributed by atoms with Gasteiger partial charge in [0.2, 0.25) is 0 Å². The monoisotopic (exact) mass is 334 g/mol. The molecule has 2 atom stereocenters. The smallest absolute Gasteiger partial charge is 0.403 e. The van der Waals surface area contributed by atoms with Gasteiger partial charge in [0.05, 0.1) is 16.6 Å². The highest BCUT2D eigenvalue weighted by molar-refractivity contribution is 6.49. The molecule has 2 unspecified atom stereocenters. The summed E-state index contributed by atoms with van der Waals surface area (Å²) in [4.78, 5) is 4.46. The lowest BCUT2D eigenvalue weighted by Crippen LogP contribution is -2.41. The van der Waals surface area contributed by atoms with Crippen LogP contribution in [-0.4, -0.2) is 27.9 Å². The Labute approximate surface area is 143 Å². The van der Waals surface area contributed by atoms with Crippen molar-refractivity contribution in [3.63, 3.8) is 0 Å². The van der Waals surface area contributed by atoms with Gasteiger partial charge in [-0.3, -0.25) is 0 Å². The average Bonchev–Trinajstić information content (AvgIpc) is 2.87. The number of hydrogen-bond acceptors (Lipinski definition) is 3. The van der Waals surface area contributed by atoms with Crippen molar-refractivity contribution in [3.05, 3.63) is 16.5 Å². The summed E-state index contributed by atoms with van der Waals surface area (Å²) in [5.41, 5.74) is -0.841. The van der Waals surface area contributed by atoms with Crippen molar-refractivity contribution in [2.45, 2.75) is 78.5 Å². The molecule has 0 spiro atoms. The fraction of sp³-hybridized carbons (Fsp3) is 0.722. The van der Waals surface area contributed by atoms with Gasteiger partial charge in [-0.25, -0.2) is 9.37 Å². The molecule has 2 heterocycles. The maximum Gasteiger partial charge on any atom is 0.465 e. The second-order valence-electron chi connectivity index (χ2n) is 8.36. The van der Waals surface area contributed by atoms with Gasteiger partial charge in [-0.2, -0.15) is 0 Å². The molecule has 6 heteroatoms. The van der Waals surface area contributed by atoms with E-state index in [-0.39, 0.29) is 23.6 Å². The summed E-state index contributed by atoms with van der Waals surface area (Å²) in [5, 5.41) is 1.32. The molecule has 4 nitrogen and oxygen atoms in total. The summed E-state index contributed by atoms with van der Waals surface area (Å²) >= 11 is 0. The molecule has 1 aromatic heterocycles. The summed E-state index contributed by atoms with van der Waals surface area (Å²) in [5.74, 6) is 0.173. The van der Waals surface area contributed by atoms with E-state index in [1.807, 2.05) is 41.5 Å². The van der Waals surface area contributed by atoms with Gasteiger partial charge in [0, 0.05) is 17.8 Å². The lowest BCUT2D eigenvalue weighted by Gasteiger charge is -2.32. The van der Waals surface area contributed by atoms with Crippen LogP contribution in [-0.2, 0) is 9.31 Å². The van der Waals surface area contributed by atoms with Crippen molar-refractivity contribution < 1.29 is 13.7 Å². The van der Waals surface area contributed by atoms with Gasteiger partial charge in [0.25, 0.3) is 0 Å². The predicted molar refractivity (Wildman–Crippen MR) is 94.6 cm³/mol. The Kier molecular flexibility index (Phi) is 4.00. The summed E-state index contributed by atoms with van der Waals surface area (Å²) in [6, 6.07) is 0.220. The van der Waals surface area contributed by atoms with Gasteiger partial charge in [-0.1, -0.05) is 13.0 Å². The Morgan fingerprint density at radius 3 is 2.25 bits per heavy atom. The molecule has 132 valence electrons. The van der Waals surface area contributed by atoms with E-state index in [1.54, 1.807) is 0 Å². The number of halogens is 1. The van der Waals surface area contributed by atoms with Crippen molar-refractivity contribution in [1.29, 1.82) is 0 Å². The first-order valence-corrected chi connectivity index (χ1v) is 8.78. The van der Waals surface area contributed by atoms with Crippen molar-refractivity contribution in [1.82, 2.24) is 9.55 Å². The van der Waals surface area contributed by atoms with Crippen LogP contribution in [0.2, 0.25) is 5.82 Å². The van der Waals surface area contributed by atoms with Crippen LogP contribution in [0.5, 0.6) is 0 Å². The molecule has 1 saturated heterocycles. The lowest BCUT2D eigenvalue weighted by molar-refractivity contribution is 0.00578. The highest BCUT2D eigenvalue weighted by Crippen LogP contribution is 2.44. The van der Waals surface area contributed by atoms with Crippen LogP contribution in [0.15, 0.2) is 0 Å². The SMILES string of the molecule is Cc1nc2c(n1C(C)C)=CC(B1OC(C)(C)C(C)(C)O1)C(C)C=2F. The molecule has 0 radical (unpaired) electrons. The molecular weight excluding hydrogens is 306 g/mol. The minimum Gasteiger partial charge on any atom is -0.403 e. The first kappa shape index (κ1) is 17.7. The molecule has 0 N–H and O–H groups in total. The van der Waals surface area contributed by atoms with E-state index in [4.69, 9.17) is 9.31 Å². The zero-order valence-electron chi connectivity index (χ0n) is 16.0. The van der Waals surface area contributed by atoms with Gasteiger partial charge in [-0.05, 0) is 48.5 Å². The van der Waals surface area contributed by atoms with Crippen molar-refractivity contribution in [2.75, 3.05) is 0 Å². The largest absolute Gasteiger partial charge is 0.465 e. The third-order valence-electron chi connectivity index (χ3n) is 5.78. The molecule has 1 aliphatic heterocycles. The Morgan fingerprint density at radius 1 is 1.21 bits per heavy atom. The molecular formula is C18H28BFN2O2. The average molecular weight is 334 g/mol. The highest BCUT2D eigenvalue weighted by atomic mass is 19.1. The lowest BCUT2D eigenvalue weighted by atomic mass is 9.63. The van der Waals surface area contributed by atoms with E-state index in [2.05, 4.69) is 29.5 Å². The predicted octanol–water partition coefficient (Wildman–Crippen LogP) is 2.74. The van der Waals surface area contributed by atoms with Gasteiger partial charge >= 0.3 is 7.12 Å². The van der Waals surface area contributed by atoms with Crippen LogP contribution in [0.1, 0.15) is 60.3 Å². The maximum atomic E-state index is 15.0. The molecule has 0 aromatic carbocycles. The Bertz CT molecular complexity index is 766. The fourth-order valence-corrected chi connectivity index (χ4v) is 3.62. The Balaban J connectivity index is 2.11. The number of imidazole rings is 1. The second kappa shape index (κ2) is 5.43. The molecule has 0 bridgehead atoms. The fourth-order valence-electron chi connectivity index (χ4n) is 3.62. The molecule has 1 aliphatic carbocycles. The molecule has 0 saturated carbocycles. The number of fused-ring (bicyclic) bond motifs is 1. The van der Waals surface area contributed by atoms with Crippen LogP contribution in [0.4, 0.5) is 4.39 Å². The zero-order valence-corrected chi connectivity index (χ0v) is 16.0. The summed E-state index contributed by atoms with van der Waals surface area (Å²) in [6.07, 6.45) is 2.09. The maximum absolute atomic E-state index is 15.0. The van der Waals surface area contributed by atoms with Crippen LogP contribution in [0.3, 0.4) is 0 Å². The number of nitrogens with zero attached hydrogens (tertiary/aromatic N) is 2. The van der Waals surface area contributed by atoms with E-state index in [1.165, 1.54) is 0 Å². The highest BCUT2D eigenvalue weighted by Gasteiger charge is 2.55. The quantitative estimate of drug-likeness (QED) is 0.781. The molecule has 2 aliphatic rings. The van der Waals surface area contributed by atoms with Crippen molar-refractivity contribution >= 4 is 19.0 Å². The topological polar surface area (TPSA) is 36.3 Å². The van der Waals surface area contributed by atoms with Crippen molar-refractivity contribution in [2.24, 2.45) is 5.92 Å².